The fourth-order valence-electron chi connectivity index (χ4n) is 3.73. The number of hydrogen-bond acceptors (Lipinski definition) is 8. The summed E-state index contributed by atoms with van der Waals surface area (Å²) in [4.78, 5) is 24.8. The first-order valence-electron chi connectivity index (χ1n) is 11.8. The van der Waals surface area contributed by atoms with Crippen LogP contribution in [0.15, 0.2) is 79.5 Å². The zero-order chi connectivity index (χ0) is 29.9. The molecule has 15 heteroatoms. The number of nitrogens with two attached hydrogens (primary N) is 1. The number of nitrogens with zero attached hydrogens (tertiary/aromatic N) is 6. The number of halogens is 4. The number of amides is 2. The highest BCUT2D eigenvalue weighted by Crippen LogP contribution is 2.34. The maximum atomic E-state index is 13.3. The van der Waals surface area contributed by atoms with Crippen LogP contribution in [0.5, 0.6) is 11.8 Å². The molecule has 11 nitrogen and oxygen atoms in total. The molecule has 0 bridgehead atoms. The standard InChI is InChI=1S/C27H17ClF3N9O2/c28-18-8-21(24(33)34-11-18)16-1-4-20(5-2-16)42-26-35-12-19(13-36-26)38-25(41)39-22-7-17(27(29,30)31)3-6-23(22)40-14-15(9-32)10-37-40/h1-8,10-14H,(H2,33,34)(H2,38,39,41). The molecule has 0 fully saturated rings. The number of nitrogens with one attached hydrogen (secondary N) is 2. The van der Waals surface area contributed by atoms with Gasteiger partial charge < -0.3 is 21.1 Å². The summed E-state index contributed by atoms with van der Waals surface area (Å²) in [6, 6.07) is 12.3. The average molecular weight is 592 g/mol. The van der Waals surface area contributed by atoms with Crippen molar-refractivity contribution in [2.24, 2.45) is 0 Å². The maximum absolute atomic E-state index is 13.3. The molecule has 2 aromatic carbocycles. The zero-order valence-corrected chi connectivity index (χ0v) is 21.9. The van der Waals surface area contributed by atoms with E-state index in [4.69, 9.17) is 27.3 Å². The van der Waals surface area contributed by atoms with Crippen LogP contribution in [0.1, 0.15) is 11.1 Å². The van der Waals surface area contributed by atoms with Crippen molar-refractivity contribution in [3.05, 3.63) is 95.7 Å². The highest BCUT2D eigenvalue weighted by molar-refractivity contribution is 6.30. The number of aromatic nitrogens is 5. The highest BCUT2D eigenvalue weighted by atomic mass is 35.5. The molecule has 0 aliphatic carbocycles. The molecule has 5 aromatic rings. The second kappa shape index (κ2) is 11.4. The lowest BCUT2D eigenvalue weighted by molar-refractivity contribution is -0.137. The van der Waals surface area contributed by atoms with Crippen molar-refractivity contribution in [2.45, 2.75) is 6.18 Å². The number of nitrogen functional groups attached to an aromatic ring is 1. The third kappa shape index (κ3) is 6.37. The van der Waals surface area contributed by atoms with Crippen molar-refractivity contribution in [1.82, 2.24) is 24.7 Å². The highest BCUT2D eigenvalue weighted by Gasteiger charge is 2.31. The van der Waals surface area contributed by atoms with Crippen molar-refractivity contribution < 1.29 is 22.7 Å². The Morgan fingerprint density at radius 3 is 2.40 bits per heavy atom. The van der Waals surface area contributed by atoms with E-state index >= 15 is 0 Å². The Labute approximate surface area is 240 Å². The van der Waals surface area contributed by atoms with Gasteiger partial charge in [-0.3, -0.25) is 0 Å². The number of hydrogen-bond donors (Lipinski definition) is 3. The number of benzene rings is 2. The maximum Gasteiger partial charge on any atom is 0.416 e. The normalized spacial score (nSPS) is 11.0. The van der Waals surface area contributed by atoms with Crippen LogP contribution < -0.4 is 21.1 Å². The summed E-state index contributed by atoms with van der Waals surface area (Å²) in [5.74, 6) is 0.739. The van der Waals surface area contributed by atoms with Crippen LogP contribution in [0.2, 0.25) is 5.02 Å². The molecule has 210 valence electrons. The molecule has 0 spiro atoms. The number of rotatable bonds is 6. The Hall–Kier alpha value is -5.68. The van der Waals surface area contributed by atoms with E-state index in [0.29, 0.717) is 22.2 Å². The molecule has 0 atom stereocenters. The minimum absolute atomic E-state index is 0.0233. The number of alkyl halides is 3. The van der Waals surface area contributed by atoms with Crippen LogP contribution in [0.25, 0.3) is 16.8 Å². The monoisotopic (exact) mass is 591 g/mol. The minimum atomic E-state index is -4.66. The predicted molar refractivity (Wildman–Crippen MR) is 147 cm³/mol. The fraction of sp³-hybridized carbons (Fsp3) is 0.0370. The number of ether oxygens (including phenoxy) is 1. The summed E-state index contributed by atoms with van der Waals surface area (Å²) in [6.07, 6.45) is 1.87. The molecule has 0 saturated carbocycles. The van der Waals surface area contributed by atoms with Crippen LogP contribution in [-0.4, -0.2) is 30.8 Å². The van der Waals surface area contributed by atoms with Gasteiger partial charge >= 0.3 is 18.2 Å². The summed E-state index contributed by atoms with van der Waals surface area (Å²) in [7, 11) is 0. The van der Waals surface area contributed by atoms with Gasteiger partial charge in [0.1, 0.15) is 17.6 Å². The smallest absolute Gasteiger partial charge is 0.416 e. The minimum Gasteiger partial charge on any atom is -0.424 e. The molecule has 0 aliphatic heterocycles. The number of nitriles is 1. The van der Waals surface area contributed by atoms with Crippen molar-refractivity contribution in [3.8, 4) is 34.6 Å². The summed E-state index contributed by atoms with van der Waals surface area (Å²) in [5, 5.41) is 18.3. The fourth-order valence-corrected chi connectivity index (χ4v) is 3.89. The Bertz CT molecular complexity index is 1800. The van der Waals surface area contributed by atoms with Crippen LogP contribution in [0.4, 0.5) is 35.2 Å². The molecule has 0 unspecified atom stereocenters. The van der Waals surface area contributed by atoms with Gasteiger partial charge in [0.05, 0.1) is 51.8 Å². The number of anilines is 3. The van der Waals surface area contributed by atoms with Crippen LogP contribution in [0, 0.1) is 11.3 Å². The van der Waals surface area contributed by atoms with Crippen molar-refractivity contribution in [2.75, 3.05) is 16.4 Å². The molecule has 2 amide bonds. The molecular weight excluding hydrogens is 575 g/mol. The van der Waals surface area contributed by atoms with Crippen molar-refractivity contribution in [1.29, 1.82) is 5.26 Å². The summed E-state index contributed by atoms with van der Waals surface area (Å²) in [5.41, 5.74) is 6.60. The molecule has 3 aromatic heterocycles. The predicted octanol–water partition coefficient (Wildman–Crippen LogP) is 6.29. The molecule has 0 saturated heterocycles. The molecule has 42 heavy (non-hydrogen) atoms. The zero-order valence-electron chi connectivity index (χ0n) is 21.1. The number of carbonyl (C=O) groups excluding carboxylic acids is 1. The van der Waals surface area contributed by atoms with E-state index in [1.54, 1.807) is 30.3 Å². The van der Waals surface area contributed by atoms with E-state index < -0.39 is 17.8 Å². The quantitative estimate of drug-likeness (QED) is 0.208. The molecule has 0 radical (unpaired) electrons. The van der Waals surface area contributed by atoms with Crippen LogP contribution in [0.3, 0.4) is 0 Å². The lowest BCUT2D eigenvalue weighted by Crippen LogP contribution is -2.21. The second-order valence-corrected chi connectivity index (χ2v) is 9.00. The number of pyridine rings is 1. The van der Waals surface area contributed by atoms with Gasteiger partial charge in [0.15, 0.2) is 0 Å². The second-order valence-electron chi connectivity index (χ2n) is 8.56. The lowest BCUT2D eigenvalue weighted by atomic mass is 10.1. The van der Waals surface area contributed by atoms with Gasteiger partial charge in [-0.1, -0.05) is 23.7 Å². The van der Waals surface area contributed by atoms with E-state index in [1.165, 1.54) is 35.7 Å². The first-order chi connectivity index (χ1) is 20.1. The third-order valence-electron chi connectivity index (χ3n) is 5.68. The van der Waals surface area contributed by atoms with E-state index in [-0.39, 0.29) is 28.6 Å². The van der Waals surface area contributed by atoms with Crippen LogP contribution in [-0.2, 0) is 6.18 Å². The van der Waals surface area contributed by atoms with Gasteiger partial charge in [-0.05, 0) is 42.0 Å². The summed E-state index contributed by atoms with van der Waals surface area (Å²) >= 11 is 6.01. The van der Waals surface area contributed by atoms with Gasteiger partial charge in [-0.25, -0.2) is 24.4 Å². The van der Waals surface area contributed by atoms with E-state index in [2.05, 4.69) is 30.7 Å². The topological polar surface area (TPSA) is 157 Å². The van der Waals surface area contributed by atoms with E-state index in [9.17, 15) is 18.0 Å². The van der Waals surface area contributed by atoms with Crippen molar-refractivity contribution >= 4 is 34.8 Å². The molecule has 3 heterocycles. The molecular formula is C27H17ClF3N9O2. The first kappa shape index (κ1) is 27.9. The van der Waals surface area contributed by atoms with Gasteiger partial charge in [0.2, 0.25) is 0 Å². The molecule has 4 N–H and O–H groups in total. The van der Waals surface area contributed by atoms with E-state index in [1.807, 2.05) is 6.07 Å². The molecule has 5 rings (SSSR count). The summed E-state index contributed by atoms with van der Waals surface area (Å²) in [6.45, 7) is 0. The number of urea groups is 1. The third-order valence-corrected chi connectivity index (χ3v) is 5.88. The first-order valence-corrected chi connectivity index (χ1v) is 12.2. The van der Waals surface area contributed by atoms with Crippen LogP contribution >= 0.6 is 11.6 Å². The lowest BCUT2D eigenvalue weighted by Gasteiger charge is -2.15. The Morgan fingerprint density at radius 2 is 1.74 bits per heavy atom. The number of carbonyl (C=O) groups is 1. The summed E-state index contributed by atoms with van der Waals surface area (Å²) < 4.78 is 46.8. The van der Waals surface area contributed by atoms with Gasteiger partial charge in [0, 0.05) is 18.0 Å². The average Bonchev–Trinajstić information content (AvgIpc) is 3.44. The van der Waals surface area contributed by atoms with Gasteiger partial charge in [-0.15, -0.1) is 0 Å². The molecule has 0 aliphatic rings. The Kier molecular flexibility index (Phi) is 7.59. The SMILES string of the molecule is N#Cc1cnn(-c2ccc(C(F)(F)F)cc2NC(=O)Nc2cnc(Oc3ccc(-c4cc(Cl)cnc4N)cc3)nc2)c1. The Morgan fingerprint density at radius 1 is 1.00 bits per heavy atom. The van der Waals surface area contributed by atoms with Gasteiger partial charge in [0.25, 0.3) is 0 Å². The van der Waals surface area contributed by atoms with E-state index in [0.717, 1.165) is 23.8 Å². The van der Waals surface area contributed by atoms with Gasteiger partial charge in [-0.2, -0.15) is 23.5 Å². The Balaban J connectivity index is 1.26. The van der Waals surface area contributed by atoms with Crippen molar-refractivity contribution in [3.63, 3.8) is 0 Å². The largest absolute Gasteiger partial charge is 0.424 e.